The number of aliphatic imine (C=N–C) groups is 1. The number of hydrogen-bond acceptors (Lipinski definition) is 7. The SMILES string of the molecule is CC(=O)OCC1=N[C@H](NC(=O)OCc2ccccc2)C(=O)N(CC(=O)N2CC3CCC(CC3)C2)c2c(C)cccc21. The Labute approximate surface area is 239 Å². The quantitative estimate of drug-likeness (QED) is 0.517. The third-order valence-corrected chi connectivity index (χ3v) is 8.05. The van der Waals surface area contributed by atoms with Crippen LogP contribution in [0.5, 0.6) is 0 Å². The summed E-state index contributed by atoms with van der Waals surface area (Å²) in [5.74, 6) is -0.244. The second-order valence-electron chi connectivity index (χ2n) is 11.0. The van der Waals surface area contributed by atoms with Gasteiger partial charge in [-0.15, -0.1) is 0 Å². The highest BCUT2D eigenvalue weighted by Gasteiger charge is 2.38. The van der Waals surface area contributed by atoms with Gasteiger partial charge in [-0.25, -0.2) is 4.79 Å². The van der Waals surface area contributed by atoms with Crippen LogP contribution in [0, 0.1) is 18.8 Å². The van der Waals surface area contributed by atoms with E-state index in [2.05, 4.69) is 10.3 Å². The van der Waals surface area contributed by atoms with E-state index in [-0.39, 0.29) is 25.7 Å². The number of para-hydroxylation sites is 1. The zero-order valence-electron chi connectivity index (χ0n) is 23.5. The number of aryl methyl sites for hydroxylation is 1. The summed E-state index contributed by atoms with van der Waals surface area (Å²) in [6.07, 6.45) is 2.30. The number of alkyl carbamates (subject to hydrolysis) is 1. The molecular weight excluding hydrogens is 524 g/mol. The van der Waals surface area contributed by atoms with Crippen LogP contribution in [-0.2, 0) is 30.5 Å². The largest absolute Gasteiger partial charge is 0.459 e. The second-order valence-corrected chi connectivity index (χ2v) is 11.0. The monoisotopic (exact) mass is 560 g/mol. The van der Waals surface area contributed by atoms with Crippen molar-refractivity contribution in [1.82, 2.24) is 10.2 Å². The molecule has 10 heteroatoms. The smallest absolute Gasteiger partial charge is 0.409 e. The van der Waals surface area contributed by atoms with E-state index in [1.165, 1.54) is 11.8 Å². The van der Waals surface area contributed by atoms with E-state index in [4.69, 9.17) is 9.47 Å². The number of ether oxygens (including phenoxy) is 2. The Bertz CT molecular complexity index is 1320. The van der Waals surface area contributed by atoms with Crippen LogP contribution in [0.2, 0.25) is 0 Å². The molecule has 6 rings (SSSR count). The molecule has 10 nitrogen and oxygen atoms in total. The molecule has 2 bridgehead atoms. The number of carbonyl (C=O) groups excluding carboxylic acids is 4. The summed E-state index contributed by atoms with van der Waals surface area (Å²) in [5.41, 5.74) is 2.92. The molecule has 1 aliphatic carbocycles. The molecule has 2 saturated heterocycles. The molecule has 41 heavy (non-hydrogen) atoms. The highest BCUT2D eigenvalue weighted by Crippen LogP contribution is 2.35. The lowest BCUT2D eigenvalue weighted by molar-refractivity contribution is -0.139. The fourth-order valence-electron chi connectivity index (χ4n) is 5.93. The Hall–Kier alpha value is -4.21. The fraction of sp³-hybridized carbons (Fsp3) is 0.452. The number of hydrogen-bond donors (Lipinski definition) is 1. The lowest BCUT2D eigenvalue weighted by Crippen LogP contribution is -2.51. The van der Waals surface area contributed by atoms with Gasteiger partial charge in [0, 0.05) is 25.6 Å². The number of fused-ring (bicyclic) bond motifs is 5. The van der Waals surface area contributed by atoms with Gasteiger partial charge in [0.05, 0.1) is 11.4 Å². The minimum atomic E-state index is -1.39. The molecule has 4 aliphatic rings. The van der Waals surface area contributed by atoms with Crippen LogP contribution in [0.1, 0.15) is 49.3 Å². The van der Waals surface area contributed by atoms with Crippen molar-refractivity contribution in [2.45, 2.75) is 52.3 Å². The van der Waals surface area contributed by atoms with Crippen LogP contribution in [0.15, 0.2) is 53.5 Å². The molecule has 3 heterocycles. The maximum atomic E-state index is 14.1. The summed E-state index contributed by atoms with van der Waals surface area (Å²) in [6.45, 7) is 4.14. The van der Waals surface area contributed by atoms with Gasteiger partial charge in [0.2, 0.25) is 12.1 Å². The zero-order chi connectivity index (χ0) is 28.9. The summed E-state index contributed by atoms with van der Waals surface area (Å²) in [6, 6.07) is 14.6. The normalized spacial score (nSPS) is 21.8. The van der Waals surface area contributed by atoms with E-state index >= 15 is 0 Å². The van der Waals surface area contributed by atoms with E-state index in [0.29, 0.717) is 41.9 Å². The van der Waals surface area contributed by atoms with E-state index in [1.807, 2.05) is 54.3 Å². The Morgan fingerprint density at radius 3 is 2.27 bits per heavy atom. The molecule has 2 aromatic carbocycles. The van der Waals surface area contributed by atoms with E-state index in [1.54, 1.807) is 6.07 Å². The number of anilines is 1. The number of esters is 1. The first kappa shape index (κ1) is 28.3. The van der Waals surface area contributed by atoms with Gasteiger partial charge in [-0.2, -0.15) is 0 Å². The molecule has 1 N–H and O–H groups in total. The highest BCUT2D eigenvalue weighted by atomic mass is 16.5. The molecule has 0 unspecified atom stereocenters. The molecule has 3 amide bonds. The van der Waals surface area contributed by atoms with Crippen molar-refractivity contribution in [1.29, 1.82) is 0 Å². The number of nitrogens with one attached hydrogen (secondary N) is 1. The summed E-state index contributed by atoms with van der Waals surface area (Å²) < 4.78 is 10.6. The van der Waals surface area contributed by atoms with Crippen molar-refractivity contribution < 1.29 is 28.7 Å². The topological polar surface area (TPSA) is 118 Å². The van der Waals surface area contributed by atoms with E-state index in [0.717, 1.165) is 36.8 Å². The average Bonchev–Trinajstić information content (AvgIpc) is 3.35. The first-order valence-corrected chi connectivity index (χ1v) is 14.1. The molecule has 2 aromatic rings. The van der Waals surface area contributed by atoms with Crippen LogP contribution < -0.4 is 10.2 Å². The third kappa shape index (κ3) is 6.75. The summed E-state index contributed by atoms with van der Waals surface area (Å²) in [4.78, 5) is 60.1. The number of carbonyl (C=O) groups is 4. The third-order valence-electron chi connectivity index (χ3n) is 8.05. The predicted octanol–water partition coefficient (Wildman–Crippen LogP) is 3.59. The lowest BCUT2D eigenvalue weighted by atomic mass is 9.84. The van der Waals surface area contributed by atoms with Gasteiger partial charge in [-0.05, 0) is 55.6 Å². The van der Waals surface area contributed by atoms with Crippen molar-refractivity contribution in [3.8, 4) is 0 Å². The number of benzene rings is 2. The summed E-state index contributed by atoms with van der Waals surface area (Å²) in [7, 11) is 0. The van der Waals surface area contributed by atoms with Crippen molar-refractivity contribution in [2.75, 3.05) is 31.1 Å². The minimum absolute atomic E-state index is 0.0103. The molecule has 3 aliphatic heterocycles. The van der Waals surface area contributed by atoms with E-state index in [9.17, 15) is 19.2 Å². The van der Waals surface area contributed by atoms with Crippen LogP contribution in [-0.4, -0.2) is 66.9 Å². The fourth-order valence-corrected chi connectivity index (χ4v) is 5.93. The van der Waals surface area contributed by atoms with Gasteiger partial charge < -0.3 is 14.4 Å². The molecule has 1 atom stereocenters. The van der Waals surface area contributed by atoms with Gasteiger partial charge in [0.15, 0.2) is 0 Å². The van der Waals surface area contributed by atoms with Crippen molar-refractivity contribution in [3.63, 3.8) is 0 Å². The first-order valence-electron chi connectivity index (χ1n) is 14.1. The number of rotatable bonds is 7. The van der Waals surface area contributed by atoms with Crippen LogP contribution in [0.25, 0.3) is 0 Å². The average molecular weight is 561 g/mol. The lowest BCUT2D eigenvalue weighted by Gasteiger charge is -2.30. The first-order chi connectivity index (χ1) is 19.8. The van der Waals surface area contributed by atoms with Crippen LogP contribution >= 0.6 is 0 Å². The van der Waals surface area contributed by atoms with Crippen LogP contribution in [0.4, 0.5) is 10.5 Å². The molecule has 3 fully saturated rings. The standard InChI is InChI=1S/C31H36N4O6/c1-20-7-6-10-25-26(19-40-21(2)36)32-29(33-31(39)41-18-24-8-4-3-5-9-24)30(38)35(28(20)25)17-27(37)34-15-22-11-12-23(16-34)14-13-22/h3-10,22-23,29H,11-19H2,1-2H3,(H,33,39)/t22?,23?,29-/m1/s1. The molecular formula is C31H36N4O6. The van der Waals surface area contributed by atoms with Crippen LogP contribution in [0.3, 0.4) is 0 Å². The molecule has 0 spiro atoms. The zero-order valence-corrected chi connectivity index (χ0v) is 23.5. The number of amides is 3. The summed E-state index contributed by atoms with van der Waals surface area (Å²) in [5, 5.41) is 2.56. The van der Waals surface area contributed by atoms with E-state index < -0.39 is 24.1 Å². The van der Waals surface area contributed by atoms with Crippen molar-refractivity contribution in [3.05, 3.63) is 65.2 Å². The number of nitrogens with zero attached hydrogens (tertiary/aromatic N) is 3. The Balaban J connectivity index is 1.43. The predicted molar refractivity (Wildman–Crippen MR) is 152 cm³/mol. The molecule has 0 radical (unpaired) electrons. The maximum absolute atomic E-state index is 14.1. The van der Waals surface area contributed by atoms with Gasteiger partial charge in [0.1, 0.15) is 19.8 Å². The molecule has 1 saturated carbocycles. The number of benzodiazepines with no additional fused rings is 1. The van der Waals surface area contributed by atoms with Gasteiger partial charge in [-0.1, -0.05) is 48.5 Å². The second kappa shape index (κ2) is 12.5. The van der Waals surface area contributed by atoms with Crippen molar-refractivity contribution >= 4 is 35.3 Å². The minimum Gasteiger partial charge on any atom is -0.459 e. The highest BCUT2D eigenvalue weighted by molar-refractivity contribution is 6.15. The van der Waals surface area contributed by atoms with Gasteiger partial charge in [0.25, 0.3) is 5.91 Å². The van der Waals surface area contributed by atoms with Crippen molar-refractivity contribution in [2.24, 2.45) is 16.8 Å². The Kier molecular flexibility index (Phi) is 8.66. The summed E-state index contributed by atoms with van der Waals surface area (Å²) >= 11 is 0. The maximum Gasteiger partial charge on any atom is 0.409 e. The van der Waals surface area contributed by atoms with Gasteiger partial charge in [-0.3, -0.25) is 29.6 Å². The van der Waals surface area contributed by atoms with Gasteiger partial charge >= 0.3 is 12.1 Å². The molecule has 0 aromatic heterocycles. The molecule has 216 valence electrons. The Morgan fingerprint density at radius 1 is 0.927 bits per heavy atom. The Morgan fingerprint density at radius 2 is 1.61 bits per heavy atom.